The summed E-state index contributed by atoms with van der Waals surface area (Å²) in [5, 5.41) is 9.06. The van der Waals surface area contributed by atoms with Gasteiger partial charge in [-0.3, -0.25) is 4.79 Å². The largest absolute Gasteiger partial charge is 0.395 e. The first-order valence-corrected chi connectivity index (χ1v) is 6.10. The summed E-state index contributed by atoms with van der Waals surface area (Å²) in [6, 6.07) is 9.91. The van der Waals surface area contributed by atoms with Gasteiger partial charge in [0.15, 0.2) is 0 Å². The van der Waals surface area contributed by atoms with E-state index in [4.69, 9.17) is 5.11 Å². The fraction of sp³-hybridized carbons (Fsp3) is 0.500. The summed E-state index contributed by atoms with van der Waals surface area (Å²) in [5.74, 6) is 0.176. The van der Waals surface area contributed by atoms with E-state index in [0.717, 1.165) is 18.4 Å². The van der Waals surface area contributed by atoms with Crippen molar-refractivity contribution in [2.24, 2.45) is 5.41 Å². The Bertz CT molecular complexity index is 384. The summed E-state index contributed by atoms with van der Waals surface area (Å²) in [6.45, 7) is 3.04. The average Bonchev–Trinajstić information content (AvgIpc) is 3.09. The fourth-order valence-electron chi connectivity index (χ4n) is 1.96. The van der Waals surface area contributed by atoms with E-state index in [1.165, 1.54) is 0 Å². The molecular formula is C14H19NO2. The molecule has 0 saturated heterocycles. The highest BCUT2D eigenvalue weighted by molar-refractivity contribution is 5.84. The minimum atomic E-state index is -0.163. The van der Waals surface area contributed by atoms with E-state index in [1.807, 2.05) is 37.3 Å². The Morgan fingerprint density at radius 2 is 2.00 bits per heavy atom. The molecule has 0 radical (unpaired) electrons. The maximum Gasteiger partial charge on any atom is 0.228 e. The number of aliphatic hydroxyl groups is 1. The molecule has 1 aliphatic rings. The molecule has 0 atom stereocenters. The van der Waals surface area contributed by atoms with E-state index in [1.54, 1.807) is 4.90 Å². The van der Waals surface area contributed by atoms with Crippen molar-refractivity contribution in [3.05, 3.63) is 35.9 Å². The quantitative estimate of drug-likeness (QED) is 0.842. The van der Waals surface area contributed by atoms with Crippen LogP contribution in [0.15, 0.2) is 30.3 Å². The highest BCUT2D eigenvalue weighted by Gasteiger charge is 2.46. The molecule has 17 heavy (non-hydrogen) atoms. The number of benzene rings is 1. The number of carbonyl (C=O) groups is 1. The number of carbonyl (C=O) groups excluding carboxylic acids is 1. The predicted molar refractivity (Wildman–Crippen MR) is 66.3 cm³/mol. The lowest BCUT2D eigenvalue weighted by Gasteiger charge is -2.25. The van der Waals surface area contributed by atoms with E-state index in [9.17, 15) is 4.79 Å². The molecule has 1 saturated carbocycles. The van der Waals surface area contributed by atoms with Crippen molar-refractivity contribution in [1.29, 1.82) is 0 Å². The van der Waals surface area contributed by atoms with Gasteiger partial charge >= 0.3 is 0 Å². The number of amides is 1. The van der Waals surface area contributed by atoms with Gasteiger partial charge in [-0.05, 0) is 18.4 Å². The lowest BCUT2D eigenvalue weighted by molar-refractivity contribution is -0.137. The Labute approximate surface area is 102 Å². The molecular weight excluding hydrogens is 214 g/mol. The first kappa shape index (κ1) is 12.1. The molecule has 0 aromatic heterocycles. The molecule has 0 unspecified atom stereocenters. The van der Waals surface area contributed by atoms with Crippen molar-refractivity contribution >= 4 is 5.91 Å². The summed E-state index contributed by atoms with van der Waals surface area (Å²) in [6.07, 6.45) is 1.95. The zero-order valence-corrected chi connectivity index (χ0v) is 10.2. The zero-order valence-electron chi connectivity index (χ0n) is 10.2. The minimum Gasteiger partial charge on any atom is -0.395 e. The summed E-state index contributed by atoms with van der Waals surface area (Å²) in [5.41, 5.74) is 0.947. The van der Waals surface area contributed by atoms with Gasteiger partial charge in [0.2, 0.25) is 5.91 Å². The third-order valence-corrected chi connectivity index (χ3v) is 3.39. The average molecular weight is 233 g/mol. The standard InChI is InChI=1S/C14H19NO2/c1-14(7-8-14)13(17)15(9-10-16)11-12-5-3-2-4-6-12/h2-6,16H,7-11H2,1H3. The Balaban J connectivity index is 2.05. The number of hydrogen-bond donors (Lipinski definition) is 1. The van der Waals surface area contributed by atoms with E-state index in [0.29, 0.717) is 13.1 Å². The molecule has 0 bridgehead atoms. The molecule has 1 aromatic carbocycles. The van der Waals surface area contributed by atoms with Crippen LogP contribution < -0.4 is 0 Å². The summed E-state index contributed by atoms with van der Waals surface area (Å²) < 4.78 is 0. The second-order valence-corrected chi connectivity index (χ2v) is 5.00. The molecule has 2 rings (SSSR count). The van der Waals surface area contributed by atoms with Crippen LogP contribution in [0.1, 0.15) is 25.3 Å². The van der Waals surface area contributed by atoms with Crippen LogP contribution in [0.3, 0.4) is 0 Å². The lowest BCUT2D eigenvalue weighted by Crippen LogP contribution is -2.37. The van der Waals surface area contributed by atoms with Gasteiger partial charge in [0.1, 0.15) is 0 Å². The Hall–Kier alpha value is -1.35. The van der Waals surface area contributed by atoms with E-state index < -0.39 is 0 Å². The normalized spacial score (nSPS) is 16.6. The van der Waals surface area contributed by atoms with Crippen LogP contribution in [0, 0.1) is 5.41 Å². The topological polar surface area (TPSA) is 40.5 Å². The monoisotopic (exact) mass is 233 g/mol. The second-order valence-electron chi connectivity index (χ2n) is 5.00. The van der Waals surface area contributed by atoms with Crippen molar-refractivity contribution in [3.63, 3.8) is 0 Å². The van der Waals surface area contributed by atoms with Gasteiger partial charge in [-0.1, -0.05) is 37.3 Å². The van der Waals surface area contributed by atoms with Crippen LogP contribution in [-0.4, -0.2) is 29.1 Å². The number of aliphatic hydroxyl groups excluding tert-OH is 1. The van der Waals surface area contributed by atoms with Crippen molar-refractivity contribution < 1.29 is 9.90 Å². The van der Waals surface area contributed by atoms with E-state index in [-0.39, 0.29) is 17.9 Å². The van der Waals surface area contributed by atoms with Crippen molar-refractivity contribution in [2.45, 2.75) is 26.3 Å². The third-order valence-electron chi connectivity index (χ3n) is 3.39. The van der Waals surface area contributed by atoms with Gasteiger partial charge in [-0.25, -0.2) is 0 Å². The van der Waals surface area contributed by atoms with E-state index >= 15 is 0 Å². The van der Waals surface area contributed by atoms with Crippen LogP contribution in [0.25, 0.3) is 0 Å². The molecule has 0 heterocycles. The van der Waals surface area contributed by atoms with Gasteiger partial charge in [0.05, 0.1) is 6.61 Å². The SMILES string of the molecule is CC1(C(=O)N(CCO)Cc2ccccc2)CC1. The van der Waals surface area contributed by atoms with Gasteiger partial charge < -0.3 is 10.0 Å². The summed E-state index contributed by atoms with van der Waals surface area (Å²) >= 11 is 0. The van der Waals surface area contributed by atoms with Crippen LogP contribution in [-0.2, 0) is 11.3 Å². The molecule has 0 aliphatic heterocycles. The molecule has 3 heteroatoms. The molecule has 1 amide bonds. The minimum absolute atomic E-state index is 0.0225. The van der Waals surface area contributed by atoms with Crippen LogP contribution in [0.5, 0.6) is 0 Å². The maximum absolute atomic E-state index is 12.2. The number of rotatable bonds is 5. The van der Waals surface area contributed by atoms with Crippen molar-refractivity contribution in [3.8, 4) is 0 Å². The lowest BCUT2D eigenvalue weighted by atomic mass is 10.1. The molecule has 92 valence electrons. The molecule has 3 nitrogen and oxygen atoms in total. The predicted octanol–water partition coefficient (Wildman–Crippen LogP) is 1.81. The highest BCUT2D eigenvalue weighted by Crippen LogP contribution is 2.46. The van der Waals surface area contributed by atoms with Crippen molar-refractivity contribution in [2.75, 3.05) is 13.2 Å². The highest BCUT2D eigenvalue weighted by atomic mass is 16.3. The van der Waals surface area contributed by atoms with Gasteiger partial charge in [0.25, 0.3) is 0 Å². The van der Waals surface area contributed by atoms with Gasteiger partial charge in [-0.15, -0.1) is 0 Å². The second kappa shape index (κ2) is 4.88. The molecule has 1 aromatic rings. The smallest absolute Gasteiger partial charge is 0.228 e. The maximum atomic E-state index is 12.2. The molecule has 1 aliphatic carbocycles. The summed E-state index contributed by atoms with van der Waals surface area (Å²) in [7, 11) is 0. The number of hydrogen-bond acceptors (Lipinski definition) is 2. The Kier molecular flexibility index (Phi) is 3.48. The first-order valence-electron chi connectivity index (χ1n) is 6.10. The van der Waals surface area contributed by atoms with Crippen LogP contribution in [0.4, 0.5) is 0 Å². The van der Waals surface area contributed by atoms with Crippen LogP contribution >= 0.6 is 0 Å². The fourth-order valence-corrected chi connectivity index (χ4v) is 1.96. The van der Waals surface area contributed by atoms with Gasteiger partial charge in [-0.2, -0.15) is 0 Å². The summed E-state index contributed by atoms with van der Waals surface area (Å²) in [4.78, 5) is 14.0. The first-order chi connectivity index (χ1) is 8.15. The van der Waals surface area contributed by atoms with Crippen LogP contribution in [0.2, 0.25) is 0 Å². The molecule has 1 fully saturated rings. The zero-order chi connectivity index (χ0) is 12.3. The third kappa shape index (κ3) is 2.86. The molecule has 1 N–H and O–H groups in total. The number of nitrogens with zero attached hydrogens (tertiary/aromatic N) is 1. The van der Waals surface area contributed by atoms with E-state index in [2.05, 4.69) is 0 Å². The Morgan fingerprint density at radius 3 is 2.53 bits per heavy atom. The van der Waals surface area contributed by atoms with Gasteiger partial charge in [0, 0.05) is 18.5 Å². The Morgan fingerprint density at radius 1 is 1.35 bits per heavy atom. The van der Waals surface area contributed by atoms with Crippen molar-refractivity contribution in [1.82, 2.24) is 4.90 Å². The molecule has 0 spiro atoms.